The van der Waals surface area contributed by atoms with E-state index >= 15 is 0 Å². The molecule has 0 spiro atoms. The van der Waals surface area contributed by atoms with Crippen LogP contribution in [0.3, 0.4) is 0 Å². The number of carbonyl (C=O) groups excluding carboxylic acids is 1. The number of anilines is 1. The van der Waals surface area contributed by atoms with Gasteiger partial charge in [0.05, 0.1) is 43.5 Å². The summed E-state index contributed by atoms with van der Waals surface area (Å²) in [6, 6.07) is 14.8. The van der Waals surface area contributed by atoms with E-state index in [0.29, 0.717) is 38.1 Å². The van der Waals surface area contributed by atoms with Crippen molar-refractivity contribution in [2.45, 2.75) is 26.9 Å². The zero-order chi connectivity index (χ0) is 25.4. The van der Waals surface area contributed by atoms with Gasteiger partial charge in [-0.25, -0.2) is 4.98 Å². The Balaban J connectivity index is 1.47. The first-order valence-corrected chi connectivity index (χ1v) is 12.8. The summed E-state index contributed by atoms with van der Waals surface area (Å²) in [6.07, 6.45) is 3.76. The zero-order valence-electron chi connectivity index (χ0n) is 19.5. The average Bonchev–Trinajstić information content (AvgIpc) is 3.41. The maximum Gasteiger partial charge on any atom is 0.257 e. The van der Waals surface area contributed by atoms with Gasteiger partial charge in [-0.2, -0.15) is 10.2 Å². The molecule has 0 bridgehead atoms. The predicted octanol–water partition coefficient (Wildman–Crippen LogP) is 6.99. The van der Waals surface area contributed by atoms with E-state index in [1.54, 1.807) is 23.0 Å². The molecule has 0 radical (unpaired) electrons. The maximum atomic E-state index is 13.5. The van der Waals surface area contributed by atoms with E-state index in [-0.39, 0.29) is 5.91 Å². The molecule has 3 heterocycles. The summed E-state index contributed by atoms with van der Waals surface area (Å²) in [5.74, 6) is 0.133. The second kappa shape index (κ2) is 10.0. The van der Waals surface area contributed by atoms with Crippen molar-refractivity contribution in [1.29, 1.82) is 0 Å². The number of aromatic nitrogens is 5. The molecule has 3 aromatic heterocycles. The van der Waals surface area contributed by atoms with Crippen LogP contribution >= 0.6 is 39.1 Å². The number of nitrogens with zero attached hydrogens (tertiary/aromatic N) is 5. The lowest BCUT2D eigenvalue weighted by atomic mass is 10.0. The van der Waals surface area contributed by atoms with E-state index < -0.39 is 0 Å². The van der Waals surface area contributed by atoms with Gasteiger partial charge in [0.2, 0.25) is 0 Å². The Morgan fingerprint density at radius 3 is 2.58 bits per heavy atom. The highest BCUT2D eigenvalue weighted by Gasteiger charge is 2.18. The van der Waals surface area contributed by atoms with Crippen molar-refractivity contribution in [3.05, 3.63) is 92.3 Å². The number of benzene rings is 2. The lowest BCUT2D eigenvalue weighted by molar-refractivity contribution is 0.102. The zero-order valence-corrected chi connectivity index (χ0v) is 22.6. The maximum absolute atomic E-state index is 13.5. The van der Waals surface area contributed by atoms with Crippen LogP contribution in [0.25, 0.3) is 22.2 Å². The molecular formula is C26H21BrCl2N6O. The number of fused-ring (bicyclic) bond motifs is 1. The number of para-hydroxylation sites is 1. The third-order valence-electron chi connectivity index (χ3n) is 5.78. The second-order valence-electron chi connectivity index (χ2n) is 8.28. The summed E-state index contributed by atoms with van der Waals surface area (Å²) in [5.41, 5.74) is 4.61. The van der Waals surface area contributed by atoms with Gasteiger partial charge in [-0.15, -0.1) is 0 Å². The molecule has 7 nitrogen and oxygen atoms in total. The Morgan fingerprint density at radius 1 is 1.03 bits per heavy atom. The Kier molecular flexibility index (Phi) is 6.83. The first-order chi connectivity index (χ1) is 17.3. The topological polar surface area (TPSA) is 77.6 Å². The molecule has 0 saturated heterocycles. The van der Waals surface area contributed by atoms with Crippen molar-refractivity contribution < 1.29 is 4.79 Å². The summed E-state index contributed by atoms with van der Waals surface area (Å²) in [6.45, 7) is 5.19. The number of aryl methyl sites for hydroxylation is 2. The van der Waals surface area contributed by atoms with Crippen LogP contribution in [0.5, 0.6) is 0 Å². The molecule has 0 atom stereocenters. The molecule has 0 aliphatic heterocycles. The van der Waals surface area contributed by atoms with Crippen LogP contribution in [0.15, 0.2) is 65.4 Å². The summed E-state index contributed by atoms with van der Waals surface area (Å²) in [4.78, 5) is 18.3. The van der Waals surface area contributed by atoms with Crippen molar-refractivity contribution in [2.75, 3.05) is 5.32 Å². The molecule has 0 saturated carbocycles. The lowest BCUT2D eigenvalue weighted by Gasteiger charge is -2.09. The fraction of sp³-hybridized carbons (Fsp3) is 0.154. The highest BCUT2D eigenvalue weighted by atomic mass is 79.9. The van der Waals surface area contributed by atoms with Gasteiger partial charge >= 0.3 is 0 Å². The Labute approximate surface area is 226 Å². The lowest BCUT2D eigenvalue weighted by Crippen LogP contribution is -2.14. The molecule has 5 aromatic rings. The van der Waals surface area contributed by atoms with Crippen LogP contribution in [0.2, 0.25) is 10.0 Å². The summed E-state index contributed by atoms with van der Waals surface area (Å²) in [5, 5.41) is 13.7. The van der Waals surface area contributed by atoms with Gasteiger partial charge in [0.1, 0.15) is 0 Å². The van der Waals surface area contributed by atoms with E-state index in [1.165, 1.54) is 0 Å². The van der Waals surface area contributed by atoms with E-state index in [1.807, 2.05) is 61.1 Å². The average molecular weight is 584 g/mol. The summed E-state index contributed by atoms with van der Waals surface area (Å²) >= 11 is 15.7. The number of nitrogens with one attached hydrogen (secondary N) is 1. The Bertz CT molecular complexity index is 1610. The van der Waals surface area contributed by atoms with Crippen LogP contribution < -0.4 is 5.32 Å². The van der Waals surface area contributed by atoms with Crippen LogP contribution in [-0.4, -0.2) is 30.5 Å². The minimum absolute atomic E-state index is 0.282. The van der Waals surface area contributed by atoms with Crippen LogP contribution in [0, 0.1) is 6.92 Å². The SMILES string of the molecule is CCn1cc(-c2cc(C(=O)Nc3nn(Cc4ccc(Cl)c(Cl)c4)cc3Br)c3ccccc3n2)c(C)n1. The number of carbonyl (C=O) groups is 1. The van der Waals surface area contributed by atoms with Gasteiger partial charge in [-0.3, -0.25) is 14.2 Å². The smallest absolute Gasteiger partial charge is 0.257 e. The third kappa shape index (κ3) is 4.89. The first-order valence-electron chi connectivity index (χ1n) is 11.2. The summed E-state index contributed by atoms with van der Waals surface area (Å²) in [7, 11) is 0. The van der Waals surface area contributed by atoms with Gasteiger partial charge < -0.3 is 5.32 Å². The molecule has 1 N–H and O–H groups in total. The van der Waals surface area contributed by atoms with Crippen LogP contribution in [-0.2, 0) is 13.1 Å². The highest BCUT2D eigenvalue weighted by molar-refractivity contribution is 9.10. The number of hydrogen-bond donors (Lipinski definition) is 1. The third-order valence-corrected chi connectivity index (χ3v) is 7.10. The Morgan fingerprint density at radius 2 is 1.83 bits per heavy atom. The molecule has 0 fully saturated rings. The summed E-state index contributed by atoms with van der Waals surface area (Å²) < 4.78 is 4.24. The van der Waals surface area contributed by atoms with Gasteiger partial charge in [-0.1, -0.05) is 47.5 Å². The molecule has 0 aliphatic carbocycles. The van der Waals surface area contributed by atoms with E-state index in [4.69, 9.17) is 28.2 Å². The van der Waals surface area contributed by atoms with Gasteiger partial charge in [0, 0.05) is 29.9 Å². The molecule has 182 valence electrons. The predicted molar refractivity (Wildman–Crippen MR) is 147 cm³/mol. The molecule has 5 rings (SSSR count). The van der Waals surface area contributed by atoms with E-state index in [2.05, 4.69) is 31.4 Å². The highest BCUT2D eigenvalue weighted by Crippen LogP contribution is 2.29. The van der Waals surface area contributed by atoms with Crippen molar-refractivity contribution in [3.8, 4) is 11.3 Å². The molecule has 36 heavy (non-hydrogen) atoms. The Hall–Kier alpha value is -3.20. The van der Waals surface area contributed by atoms with Crippen molar-refractivity contribution in [1.82, 2.24) is 24.5 Å². The fourth-order valence-electron chi connectivity index (χ4n) is 4.00. The van der Waals surface area contributed by atoms with Crippen molar-refractivity contribution >= 4 is 61.8 Å². The standard InChI is InChI=1S/C26H21BrCl2N6O/c1-3-34-13-19(15(2)32-34)24-11-18(17-6-4-5-7-23(17)30-24)26(36)31-25-20(27)14-35(33-25)12-16-8-9-21(28)22(29)10-16/h4-11,13-14H,3,12H2,1-2H3,(H,31,33,36). The molecule has 0 unspecified atom stereocenters. The quantitative estimate of drug-likeness (QED) is 0.233. The van der Waals surface area contributed by atoms with Crippen molar-refractivity contribution in [3.63, 3.8) is 0 Å². The number of hydrogen-bond acceptors (Lipinski definition) is 4. The molecular weight excluding hydrogens is 563 g/mol. The molecule has 2 aromatic carbocycles. The molecule has 0 aliphatic rings. The first kappa shape index (κ1) is 24.5. The minimum Gasteiger partial charge on any atom is -0.304 e. The van der Waals surface area contributed by atoms with Gasteiger partial charge in [-0.05, 0) is 59.6 Å². The van der Waals surface area contributed by atoms with E-state index in [9.17, 15) is 4.79 Å². The molecule has 10 heteroatoms. The van der Waals surface area contributed by atoms with Gasteiger partial charge in [0.15, 0.2) is 5.82 Å². The number of pyridine rings is 1. The second-order valence-corrected chi connectivity index (χ2v) is 9.95. The fourth-order valence-corrected chi connectivity index (χ4v) is 4.73. The van der Waals surface area contributed by atoms with Gasteiger partial charge in [0.25, 0.3) is 5.91 Å². The monoisotopic (exact) mass is 582 g/mol. The number of amides is 1. The normalized spacial score (nSPS) is 11.2. The van der Waals surface area contributed by atoms with Crippen LogP contribution in [0.1, 0.15) is 28.5 Å². The number of halogens is 3. The minimum atomic E-state index is -0.282. The molecule has 1 amide bonds. The van der Waals surface area contributed by atoms with Crippen LogP contribution in [0.4, 0.5) is 5.82 Å². The van der Waals surface area contributed by atoms with Crippen molar-refractivity contribution in [2.24, 2.45) is 0 Å². The number of rotatable bonds is 6. The van der Waals surface area contributed by atoms with E-state index in [0.717, 1.165) is 34.3 Å². The largest absolute Gasteiger partial charge is 0.304 e.